The highest BCUT2D eigenvalue weighted by Crippen LogP contribution is 2.05. The molecule has 0 aromatic carbocycles. The number of carbonyl (C=O) groups is 1. The Balaban J connectivity index is 3.41. The Morgan fingerprint density at radius 2 is 1.35 bits per heavy atom. The summed E-state index contributed by atoms with van der Waals surface area (Å²) in [5, 5.41) is 9.70. The van der Waals surface area contributed by atoms with E-state index >= 15 is 0 Å². The van der Waals surface area contributed by atoms with Crippen molar-refractivity contribution in [3.63, 3.8) is 0 Å². The van der Waals surface area contributed by atoms with Crippen LogP contribution in [0.25, 0.3) is 0 Å². The first-order valence-corrected chi connectivity index (χ1v) is 13.8. The number of hydrogen-bond donors (Lipinski definition) is 4. The van der Waals surface area contributed by atoms with Gasteiger partial charge in [-0.3, -0.25) is 4.79 Å². The van der Waals surface area contributed by atoms with Gasteiger partial charge in [-0.2, -0.15) is 0 Å². The summed E-state index contributed by atoms with van der Waals surface area (Å²) in [6, 6.07) is 0. The van der Waals surface area contributed by atoms with Crippen LogP contribution in [0.5, 0.6) is 0 Å². The molecular formula is C26H56N4O4. The van der Waals surface area contributed by atoms with E-state index in [1.54, 1.807) is 0 Å². The van der Waals surface area contributed by atoms with Crippen LogP contribution in [0.3, 0.4) is 0 Å². The van der Waals surface area contributed by atoms with Crippen LogP contribution in [0.4, 0.5) is 0 Å². The smallest absolute Gasteiger partial charge is 0.246 e. The molecule has 0 saturated carbocycles. The molecule has 0 fully saturated rings. The number of nitrogens with one attached hydrogen (secondary N) is 3. The number of amides is 1. The standard InChI is InChI=1S/C26H56N4O4/c1-4-5-6-7-8-11-20-32-21-24(2)33-22-25(3)34-23-26(31)30-19-13-18-29-16-10-9-15-28-17-12-14-27/h24-25,28-29H,4-23,27H2,1-3H3,(H,30,31). The van der Waals surface area contributed by atoms with E-state index in [9.17, 15) is 4.79 Å². The van der Waals surface area contributed by atoms with Gasteiger partial charge in [0.25, 0.3) is 0 Å². The van der Waals surface area contributed by atoms with E-state index in [4.69, 9.17) is 19.9 Å². The molecule has 0 radical (unpaired) electrons. The Morgan fingerprint density at radius 1 is 0.735 bits per heavy atom. The third kappa shape index (κ3) is 25.8. The van der Waals surface area contributed by atoms with Crippen molar-refractivity contribution in [1.29, 1.82) is 0 Å². The molecule has 0 aliphatic rings. The SMILES string of the molecule is CCCCCCCCOCC(C)OCC(C)OCC(=O)NCCCNCCCCNCCCN. The first-order chi connectivity index (χ1) is 16.6. The lowest BCUT2D eigenvalue weighted by molar-refractivity contribution is -0.129. The molecule has 0 aliphatic carbocycles. The zero-order valence-corrected chi connectivity index (χ0v) is 22.5. The third-order valence-electron chi connectivity index (χ3n) is 5.48. The van der Waals surface area contributed by atoms with Crippen molar-refractivity contribution in [3.05, 3.63) is 0 Å². The summed E-state index contributed by atoms with van der Waals surface area (Å²) < 4.78 is 17.1. The molecule has 2 unspecified atom stereocenters. The molecule has 0 aromatic heterocycles. The van der Waals surface area contributed by atoms with Crippen molar-refractivity contribution in [2.45, 2.75) is 97.2 Å². The van der Waals surface area contributed by atoms with Crippen LogP contribution in [0.2, 0.25) is 0 Å². The van der Waals surface area contributed by atoms with Crippen molar-refractivity contribution in [1.82, 2.24) is 16.0 Å². The molecule has 0 rings (SSSR count). The number of nitrogens with two attached hydrogens (primary N) is 1. The average molecular weight is 489 g/mol. The molecule has 0 aromatic rings. The lowest BCUT2D eigenvalue weighted by Gasteiger charge is -2.18. The first kappa shape index (κ1) is 33.2. The van der Waals surface area contributed by atoms with E-state index in [1.165, 1.54) is 38.5 Å². The minimum atomic E-state index is -0.127. The molecule has 0 saturated heterocycles. The molecule has 1 amide bonds. The van der Waals surface area contributed by atoms with Gasteiger partial charge in [0.1, 0.15) is 6.61 Å². The topological polar surface area (TPSA) is 107 Å². The molecule has 0 spiro atoms. The van der Waals surface area contributed by atoms with Gasteiger partial charge in [0.2, 0.25) is 5.91 Å². The Labute approximate surface area is 209 Å². The van der Waals surface area contributed by atoms with Gasteiger partial charge in [-0.05, 0) is 78.7 Å². The van der Waals surface area contributed by atoms with Crippen molar-refractivity contribution in [2.75, 3.05) is 65.7 Å². The van der Waals surface area contributed by atoms with Crippen LogP contribution in [-0.2, 0) is 19.0 Å². The second-order valence-corrected chi connectivity index (χ2v) is 9.16. The minimum absolute atomic E-state index is 0.0277. The van der Waals surface area contributed by atoms with E-state index in [0.717, 1.165) is 65.0 Å². The van der Waals surface area contributed by atoms with Crippen LogP contribution in [0.15, 0.2) is 0 Å². The molecule has 8 heteroatoms. The fourth-order valence-corrected chi connectivity index (χ4v) is 3.32. The Morgan fingerprint density at radius 3 is 2.06 bits per heavy atom. The van der Waals surface area contributed by atoms with E-state index in [2.05, 4.69) is 22.9 Å². The lowest BCUT2D eigenvalue weighted by atomic mass is 10.1. The summed E-state index contributed by atoms with van der Waals surface area (Å²) in [6.07, 6.45) is 11.8. The minimum Gasteiger partial charge on any atom is -0.379 e. The van der Waals surface area contributed by atoms with Crippen LogP contribution >= 0.6 is 0 Å². The van der Waals surface area contributed by atoms with Gasteiger partial charge in [-0.1, -0.05) is 39.0 Å². The van der Waals surface area contributed by atoms with E-state index in [-0.39, 0.29) is 24.7 Å². The molecule has 0 heterocycles. The van der Waals surface area contributed by atoms with E-state index < -0.39 is 0 Å². The van der Waals surface area contributed by atoms with Gasteiger partial charge in [0, 0.05) is 13.2 Å². The highest BCUT2D eigenvalue weighted by atomic mass is 16.6. The van der Waals surface area contributed by atoms with Crippen molar-refractivity contribution >= 4 is 5.91 Å². The average Bonchev–Trinajstić information content (AvgIpc) is 2.83. The van der Waals surface area contributed by atoms with Gasteiger partial charge in [-0.15, -0.1) is 0 Å². The molecule has 0 aliphatic heterocycles. The summed E-state index contributed by atoms with van der Waals surface area (Å²) in [4.78, 5) is 11.9. The van der Waals surface area contributed by atoms with Crippen molar-refractivity contribution in [2.24, 2.45) is 5.73 Å². The highest BCUT2D eigenvalue weighted by Gasteiger charge is 2.09. The summed E-state index contributed by atoms with van der Waals surface area (Å²) in [7, 11) is 0. The number of hydrogen-bond acceptors (Lipinski definition) is 7. The van der Waals surface area contributed by atoms with Crippen molar-refractivity contribution < 1.29 is 19.0 Å². The third-order valence-corrected chi connectivity index (χ3v) is 5.48. The molecule has 0 bridgehead atoms. The second-order valence-electron chi connectivity index (χ2n) is 9.16. The maximum atomic E-state index is 11.9. The molecule has 34 heavy (non-hydrogen) atoms. The van der Waals surface area contributed by atoms with Gasteiger partial charge in [-0.25, -0.2) is 0 Å². The molecule has 5 N–H and O–H groups in total. The Kier molecular flexibility index (Phi) is 26.2. The van der Waals surface area contributed by atoms with Gasteiger partial charge >= 0.3 is 0 Å². The zero-order chi connectivity index (χ0) is 25.1. The summed E-state index contributed by atoms with van der Waals surface area (Å²) in [6.45, 7) is 13.5. The van der Waals surface area contributed by atoms with E-state index in [1.807, 2.05) is 13.8 Å². The fraction of sp³-hybridized carbons (Fsp3) is 0.962. The monoisotopic (exact) mass is 488 g/mol. The highest BCUT2D eigenvalue weighted by molar-refractivity contribution is 5.77. The Hall–Kier alpha value is -0.770. The largest absolute Gasteiger partial charge is 0.379 e. The van der Waals surface area contributed by atoms with Gasteiger partial charge in [0.15, 0.2) is 0 Å². The maximum Gasteiger partial charge on any atom is 0.246 e. The van der Waals surface area contributed by atoms with Crippen LogP contribution in [-0.4, -0.2) is 83.8 Å². The predicted octanol–water partition coefficient (Wildman–Crippen LogP) is 2.99. The van der Waals surface area contributed by atoms with Gasteiger partial charge in [0.05, 0.1) is 25.4 Å². The van der Waals surface area contributed by atoms with Crippen LogP contribution in [0.1, 0.15) is 85.0 Å². The summed E-state index contributed by atoms with van der Waals surface area (Å²) in [5.41, 5.74) is 5.46. The number of carbonyl (C=O) groups excluding carboxylic acids is 1. The fourth-order valence-electron chi connectivity index (χ4n) is 3.32. The number of rotatable bonds is 27. The predicted molar refractivity (Wildman–Crippen MR) is 141 cm³/mol. The molecular weight excluding hydrogens is 432 g/mol. The quantitative estimate of drug-likeness (QED) is 0.132. The van der Waals surface area contributed by atoms with Crippen LogP contribution in [0, 0.1) is 0 Å². The Bertz CT molecular complexity index is 430. The summed E-state index contributed by atoms with van der Waals surface area (Å²) >= 11 is 0. The first-order valence-electron chi connectivity index (χ1n) is 13.8. The summed E-state index contributed by atoms with van der Waals surface area (Å²) in [5.74, 6) is -0.0780. The van der Waals surface area contributed by atoms with Gasteiger partial charge < -0.3 is 35.9 Å². The second kappa shape index (κ2) is 26.8. The zero-order valence-electron chi connectivity index (χ0n) is 22.5. The normalized spacial score (nSPS) is 13.2. The number of ether oxygens (including phenoxy) is 3. The molecule has 204 valence electrons. The molecule has 2 atom stereocenters. The number of unbranched alkanes of at least 4 members (excludes halogenated alkanes) is 6. The maximum absolute atomic E-state index is 11.9. The molecule has 8 nitrogen and oxygen atoms in total. The lowest BCUT2D eigenvalue weighted by Crippen LogP contribution is -2.33. The van der Waals surface area contributed by atoms with E-state index in [0.29, 0.717) is 19.8 Å². The van der Waals surface area contributed by atoms with Crippen LogP contribution < -0.4 is 21.7 Å². The van der Waals surface area contributed by atoms with Crippen molar-refractivity contribution in [3.8, 4) is 0 Å².